The van der Waals surface area contributed by atoms with E-state index in [9.17, 15) is 0 Å². The highest BCUT2D eigenvalue weighted by Gasteiger charge is 2.54. The van der Waals surface area contributed by atoms with Crippen molar-refractivity contribution in [3.8, 4) is 0 Å². The van der Waals surface area contributed by atoms with Crippen LogP contribution in [0, 0.1) is 5.92 Å². The maximum atomic E-state index is 2.54. The van der Waals surface area contributed by atoms with Gasteiger partial charge in [0.05, 0.1) is 41.4 Å². The molecule has 0 aliphatic carbocycles. The van der Waals surface area contributed by atoms with Gasteiger partial charge in [-0.25, -0.2) is 0 Å². The van der Waals surface area contributed by atoms with Gasteiger partial charge in [-0.3, -0.25) is 0 Å². The molecule has 0 amide bonds. The van der Waals surface area contributed by atoms with Gasteiger partial charge < -0.3 is 0 Å². The van der Waals surface area contributed by atoms with Crippen molar-refractivity contribution in [2.75, 3.05) is 0 Å². The van der Waals surface area contributed by atoms with Crippen LogP contribution in [0.15, 0.2) is 136 Å². The highest BCUT2D eigenvalue weighted by molar-refractivity contribution is 8.06. The lowest BCUT2D eigenvalue weighted by Gasteiger charge is -2.31. The van der Waals surface area contributed by atoms with Gasteiger partial charge in [0.25, 0.3) is 0 Å². The average molecular weight is 517 g/mol. The van der Waals surface area contributed by atoms with E-state index in [1.54, 1.807) is 0 Å². The summed E-state index contributed by atoms with van der Waals surface area (Å²) in [4.78, 5) is 11.9. The van der Waals surface area contributed by atoms with Crippen LogP contribution in [0.4, 0.5) is 0 Å². The van der Waals surface area contributed by atoms with Crippen LogP contribution in [0.2, 0.25) is 0 Å². The predicted octanol–water partition coefficient (Wildman–Crippen LogP) is 8.80. The maximum Gasteiger partial charge on any atom is 0.178 e. The summed E-state index contributed by atoms with van der Waals surface area (Å²) in [6.07, 6.45) is 0. The maximum absolute atomic E-state index is 2.54. The molecule has 2 unspecified atom stereocenters. The van der Waals surface area contributed by atoms with Crippen molar-refractivity contribution in [3.63, 3.8) is 0 Å². The molecule has 4 aromatic rings. The molecule has 170 valence electrons. The van der Waals surface area contributed by atoms with E-state index < -0.39 is 0 Å². The van der Waals surface area contributed by atoms with Crippen LogP contribution in [-0.2, 0) is 21.8 Å². The Kier molecular flexibility index (Phi) is 6.27. The van der Waals surface area contributed by atoms with E-state index in [-0.39, 0.29) is 21.8 Å². The Balaban J connectivity index is 1.53. The van der Waals surface area contributed by atoms with Crippen molar-refractivity contribution in [3.05, 3.63) is 97.1 Å². The van der Waals surface area contributed by atoms with Crippen molar-refractivity contribution in [1.29, 1.82) is 0 Å². The Morgan fingerprint density at radius 1 is 0.471 bits per heavy atom. The summed E-state index contributed by atoms with van der Waals surface area (Å²) < 4.78 is 0. The van der Waals surface area contributed by atoms with Crippen molar-refractivity contribution in [2.24, 2.45) is 5.92 Å². The lowest BCUT2D eigenvalue weighted by molar-refractivity contribution is 0.591. The molecule has 0 nitrogen and oxygen atoms in total. The summed E-state index contributed by atoms with van der Waals surface area (Å²) in [5.74, 6) is 0.573. The normalized spacial score (nSPS) is 16.8. The molecular formula is C30H28S4+2. The molecule has 0 saturated heterocycles. The molecule has 2 aliphatic rings. The number of hydrogen-bond donors (Lipinski definition) is 0. The van der Waals surface area contributed by atoms with Crippen LogP contribution in [0.3, 0.4) is 0 Å². The van der Waals surface area contributed by atoms with Gasteiger partial charge in [-0.15, -0.1) is 0 Å². The van der Waals surface area contributed by atoms with Crippen molar-refractivity contribution in [1.82, 2.24) is 0 Å². The first-order chi connectivity index (χ1) is 16.6. The molecule has 6 rings (SSSR count). The minimum atomic E-state index is 0.0315. The SMILES string of the molecule is CC(C)C(C(C)[S+]1c2ccccc2Sc2ccccc21)[S+]1c2ccccc2Sc2ccccc21. The second-order valence-electron chi connectivity index (χ2n) is 9.08. The summed E-state index contributed by atoms with van der Waals surface area (Å²) in [5.41, 5.74) is 0. The van der Waals surface area contributed by atoms with Gasteiger partial charge in [0.15, 0.2) is 30.1 Å². The molecule has 4 heteroatoms. The van der Waals surface area contributed by atoms with Gasteiger partial charge in [0.2, 0.25) is 0 Å². The highest BCUT2D eigenvalue weighted by Crippen LogP contribution is 2.52. The average Bonchev–Trinajstić information content (AvgIpc) is 2.86. The quantitative estimate of drug-likeness (QED) is 0.249. The van der Waals surface area contributed by atoms with Crippen LogP contribution in [0.5, 0.6) is 0 Å². The first kappa shape index (κ1) is 22.7. The Hall–Kier alpha value is -1.72. The minimum Gasteiger partial charge on any atom is -0.0795 e. The van der Waals surface area contributed by atoms with Crippen molar-refractivity contribution >= 4 is 45.3 Å². The summed E-state index contributed by atoms with van der Waals surface area (Å²) in [7, 11) is 0.0656. The fraction of sp³-hybridized carbons (Fsp3) is 0.200. The van der Waals surface area contributed by atoms with E-state index in [2.05, 4.69) is 118 Å². The molecule has 0 bridgehead atoms. The zero-order valence-electron chi connectivity index (χ0n) is 19.6. The molecule has 0 N–H and O–H groups in total. The van der Waals surface area contributed by atoms with Crippen LogP contribution in [0.25, 0.3) is 0 Å². The van der Waals surface area contributed by atoms with Gasteiger partial charge in [-0.05, 0) is 55.5 Å². The molecule has 0 fully saturated rings. The van der Waals surface area contributed by atoms with Crippen LogP contribution >= 0.6 is 23.5 Å². The summed E-state index contributed by atoms with van der Waals surface area (Å²) in [6, 6.07) is 36.5. The van der Waals surface area contributed by atoms with E-state index in [4.69, 9.17) is 0 Å². The fourth-order valence-electron chi connectivity index (χ4n) is 5.17. The lowest BCUT2D eigenvalue weighted by atomic mass is 10.1. The molecule has 0 spiro atoms. The topological polar surface area (TPSA) is 0 Å². The third kappa shape index (κ3) is 3.83. The van der Waals surface area contributed by atoms with Crippen molar-refractivity contribution < 1.29 is 0 Å². The number of benzene rings is 4. The second-order valence-corrected chi connectivity index (χ2v) is 15.6. The Bertz CT molecular complexity index is 1250. The number of rotatable bonds is 4. The molecule has 34 heavy (non-hydrogen) atoms. The van der Waals surface area contributed by atoms with Gasteiger partial charge >= 0.3 is 0 Å². The molecule has 0 radical (unpaired) electrons. The van der Waals surface area contributed by atoms with Gasteiger partial charge in [0.1, 0.15) is 0 Å². The Morgan fingerprint density at radius 3 is 1.15 bits per heavy atom. The molecule has 2 aliphatic heterocycles. The number of fused-ring (bicyclic) bond motifs is 4. The zero-order valence-corrected chi connectivity index (χ0v) is 22.9. The van der Waals surface area contributed by atoms with E-state index >= 15 is 0 Å². The van der Waals surface area contributed by atoms with Gasteiger partial charge in [0, 0.05) is 5.92 Å². The molecule has 2 atom stereocenters. The summed E-state index contributed by atoms with van der Waals surface area (Å²) in [5, 5.41) is 1.08. The van der Waals surface area contributed by atoms with Crippen LogP contribution in [-0.4, -0.2) is 10.5 Å². The monoisotopic (exact) mass is 516 g/mol. The van der Waals surface area contributed by atoms with Crippen LogP contribution in [0.1, 0.15) is 20.8 Å². The highest BCUT2D eigenvalue weighted by atomic mass is 32.2. The third-order valence-corrected chi connectivity index (χ3v) is 15.4. The van der Waals surface area contributed by atoms with E-state index in [1.807, 2.05) is 23.5 Å². The largest absolute Gasteiger partial charge is 0.178 e. The first-order valence-corrected chi connectivity index (χ1v) is 16.0. The van der Waals surface area contributed by atoms with E-state index in [0.717, 1.165) is 0 Å². The van der Waals surface area contributed by atoms with Crippen molar-refractivity contribution in [2.45, 2.75) is 70.4 Å². The molecule has 4 aromatic carbocycles. The third-order valence-electron chi connectivity index (χ3n) is 6.55. The molecule has 2 heterocycles. The van der Waals surface area contributed by atoms with Crippen LogP contribution < -0.4 is 0 Å². The second kappa shape index (κ2) is 9.39. The Labute approximate surface area is 217 Å². The molecule has 0 saturated carbocycles. The number of hydrogen-bond acceptors (Lipinski definition) is 2. The lowest BCUT2D eigenvalue weighted by Crippen LogP contribution is -2.43. The zero-order chi connectivity index (χ0) is 23.2. The standard InChI is InChI=1S/C30H28S4/c1-20(2)30(34-28-18-10-6-14-24(28)32-25-15-7-11-19-29(25)34)21(3)33-26-16-8-4-12-22(26)31-23-13-5-9-17-27(23)33/h4-21,30H,1-3H3/q+2. The predicted molar refractivity (Wildman–Crippen MR) is 150 cm³/mol. The minimum absolute atomic E-state index is 0.0315. The van der Waals surface area contributed by atoms with Gasteiger partial charge in [-0.1, -0.05) is 85.9 Å². The van der Waals surface area contributed by atoms with Gasteiger partial charge in [-0.2, -0.15) is 0 Å². The fourth-order valence-corrected chi connectivity index (χ4v) is 14.6. The summed E-state index contributed by atoms with van der Waals surface area (Å²) in [6.45, 7) is 7.43. The van der Waals surface area contributed by atoms with E-state index in [0.29, 0.717) is 16.4 Å². The van der Waals surface area contributed by atoms with E-state index in [1.165, 1.54) is 39.2 Å². The first-order valence-electron chi connectivity index (χ1n) is 11.8. The smallest absolute Gasteiger partial charge is 0.0795 e. The molecular weight excluding hydrogens is 489 g/mol. The molecule has 0 aromatic heterocycles. The Morgan fingerprint density at radius 2 is 0.794 bits per heavy atom. The summed E-state index contributed by atoms with van der Waals surface area (Å²) >= 11 is 3.89.